The molecule has 0 radical (unpaired) electrons. The summed E-state index contributed by atoms with van der Waals surface area (Å²) < 4.78 is 28.5. The Balaban J connectivity index is 2.54. The maximum Gasteiger partial charge on any atom is 0.247 e. The van der Waals surface area contributed by atoms with Gasteiger partial charge in [0.1, 0.15) is 9.96 Å². The quantitative estimate of drug-likeness (QED) is 0.860. The number of primary sulfonamides is 1. The number of amides is 1. The molecule has 0 saturated carbocycles. The molecule has 1 heterocycles. The molecular weight excluding hydrogens is 336 g/mol. The molecular formula is C15H18N2O4S2. The van der Waals surface area contributed by atoms with Gasteiger partial charge in [-0.25, -0.2) is 13.6 Å². The van der Waals surface area contributed by atoms with Crippen LogP contribution in [0.15, 0.2) is 34.5 Å². The zero-order valence-corrected chi connectivity index (χ0v) is 14.6. The molecule has 1 unspecified atom stereocenters. The number of rotatable bonds is 5. The van der Waals surface area contributed by atoms with Crippen LogP contribution in [0.25, 0.3) is 10.4 Å². The number of methoxy groups -OCH3 is 1. The first-order valence-corrected chi connectivity index (χ1v) is 9.16. The zero-order chi connectivity index (χ0) is 17.2. The molecule has 1 atom stereocenters. The highest BCUT2D eigenvalue weighted by Crippen LogP contribution is 2.38. The van der Waals surface area contributed by atoms with Crippen molar-refractivity contribution in [2.45, 2.75) is 24.1 Å². The number of carbonyl (C=O) groups is 1. The third kappa shape index (κ3) is 4.10. The SMILES string of the molecule is COc1ccc(-c2sc(S(N)(=O)=O)cc2C(C)NC(C)=O)cc1. The smallest absolute Gasteiger partial charge is 0.247 e. The Bertz CT molecular complexity index is 811. The highest BCUT2D eigenvalue weighted by atomic mass is 32.2. The molecule has 0 bridgehead atoms. The number of sulfonamides is 1. The van der Waals surface area contributed by atoms with Gasteiger partial charge in [0.15, 0.2) is 0 Å². The van der Waals surface area contributed by atoms with Crippen molar-refractivity contribution in [1.82, 2.24) is 5.32 Å². The van der Waals surface area contributed by atoms with Crippen molar-refractivity contribution in [3.8, 4) is 16.2 Å². The van der Waals surface area contributed by atoms with E-state index in [0.29, 0.717) is 11.3 Å². The van der Waals surface area contributed by atoms with Crippen molar-refractivity contribution in [2.24, 2.45) is 5.14 Å². The second kappa shape index (κ2) is 6.69. The van der Waals surface area contributed by atoms with Gasteiger partial charge in [0.05, 0.1) is 13.2 Å². The van der Waals surface area contributed by atoms with Crippen LogP contribution in [-0.4, -0.2) is 21.4 Å². The molecule has 1 aromatic heterocycles. The van der Waals surface area contributed by atoms with Gasteiger partial charge in [-0.3, -0.25) is 4.79 Å². The van der Waals surface area contributed by atoms with Gasteiger partial charge in [0.2, 0.25) is 15.9 Å². The van der Waals surface area contributed by atoms with E-state index in [9.17, 15) is 13.2 Å². The van der Waals surface area contributed by atoms with E-state index in [4.69, 9.17) is 9.88 Å². The normalized spacial score (nSPS) is 12.7. The van der Waals surface area contributed by atoms with E-state index < -0.39 is 10.0 Å². The number of ether oxygens (including phenoxy) is 1. The summed E-state index contributed by atoms with van der Waals surface area (Å²) in [5, 5.41) is 8.00. The Hall–Kier alpha value is -1.90. The van der Waals surface area contributed by atoms with E-state index in [1.807, 2.05) is 12.1 Å². The fourth-order valence-electron chi connectivity index (χ4n) is 2.19. The predicted octanol–water partition coefficient (Wildman–Crippen LogP) is 2.27. The lowest BCUT2D eigenvalue weighted by molar-refractivity contribution is -0.119. The number of carbonyl (C=O) groups excluding carboxylic acids is 1. The molecule has 0 aliphatic heterocycles. The highest BCUT2D eigenvalue weighted by Gasteiger charge is 2.21. The molecule has 1 amide bonds. The summed E-state index contributed by atoms with van der Waals surface area (Å²) in [6.07, 6.45) is 0. The van der Waals surface area contributed by atoms with Crippen LogP contribution in [0.2, 0.25) is 0 Å². The van der Waals surface area contributed by atoms with Crippen molar-refractivity contribution in [2.75, 3.05) is 7.11 Å². The molecule has 1 aromatic carbocycles. The van der Waals surface area contributed by atoms with E-state index in [1.54, 1.807) is 26.2 Å². The third-order valence-corrected chi connectivity index (χ3v) is 5.88. The molecule has 6 nitrogen and oxygen atoms in total. The molecule has 124 valence electrons. The topological polar surface area (TPSA) is 98.5 Å². The maximum atomic E-state index is 11.7. The van der Waals surface area contributed by atoms with E-state index in [0.717, 1.165) is 21.8 Å². The van der Waals surface area contributed by atoms with Crippen LogP contribution in [0.5, 0.6) is 5.75 Å². The second-order valence-corrected chi connectivity index (χ2v) is 7.89. The molecule has 23 heavy (non-hydrogen) atoms. The number of nitrogens with one attached hydrogen (secondary N) is 1. The van der Waals surface area contributed by atoms with Crippen LogP contribution in [0.3, 0.4) is 0 Å². The Labute approximate surface area is 139 Å². The largest absolute Gasteiger partial charge is 0.497 e. The van der Waals surface area contributed by atoms with Gasteiger partial charge in [0, 0.05) is 11.8 Å². The molecule has 3 N–H and O–H groups in total. The van der Waals surface area contributed by atoms with Crippen molar-refractivity contribution >= 4 is 27.3 Å². The number of hydrogen-bond donors (Lipinski definition) is 2. The van der Waals surface area contributed by atoms with Crippen LogP contribution in [-0.2, 0) is 14.8 Å². The monoisotopic (exact) mass is 354 g/mol. The number of nitrogens with two attached hydrogens (primary N) is 1. The maximum absolute atomic E-state index is 11.7. The molecule has 2 rings (SSSR count). The van der Waals surface area contributed by atoms with E-state index >= 15 is 0 Å². The fraction of sp³-hybridized carbons (Fsp3) is 0.267. The summed E-state index contributed by atoms with van der Waals surface area (Å²) in [6, 6.07) is 8.43. The first kappa shape index (κ1) is 17.5. The van der Waals surface area contributed by atoms with Gasteiger partial charge in [-0.1, -0.05) is 0 Å². The first-order chi connectivity index (χ1) is 10.7. The lowest BCUT2D eigenvalue weighted by Gasteiger charge is -2.13. The number of benzene rings is 1. The fourth-order valence-corrected chi connectivity index (χ4v) is 4.19. The van der Waals surface area contributed by atoms with Crippen LogP contribution < -0.4 is 15.2 Å². The van der Waals surface area contributed by atoms with Gasteiger partial charge >= 0.3 is 0 Å². The summed E-state index contributed by atoms with van der Waals surface area (Å²) in [5.74, 6) is 0.509. The summed E-state index contributed by atoms with van der Waals surface area (Å²) >= 11 is 1.08. The minimum Gasteiger partial charge on any atom is -0.497 e. The third-order valence-electron chi connectivity index (χ3n) is 3.26. The molecule has 2 aromatic rings. The van der Waals surface area contributed by atoms with Crippen LogP contribution in [0, 0.1) is 0 Å². The molecule has 0 aliphatic carbocycles. The van der Waals surface area contributed by atoms with Gasteiger partial charge in [-0.2, -0.15) is 0 Å². The molecule has 0 spiro atoms. The van der Waals surface area contributed by atoms with Crippen LogP contribution in [0.1, 0.15) is 25.5 Å². The zero-order valence-electron chi connectivity index (χ0n) is 13.0. The lowest BCUT2D eigenvalue weighted by atomic mass is 10.0. The minimum atomic E-state index is -3.81. The first-order valence-electron chi connectivity index (χ1n) is 6.80. The van der Waals surface area contributed by atoms with Crippen molar-refractivity contribution in [1.29, 1.82) is 0 Å². The van der Waals surface area contributed by atoms with Gasteiger partial charge in [0.25, 0.3) is 0 Å². The average Bonchev–Trinajstić information content (AvgIpc) is 2.92. The Morgan fingerprint density at radius 3 is 2.39 bits per heavy atom. The highest BCUT2D eigenvalue weighted by molar-refractivity contribution is 7.91. The second-order valence-electron chi connectivity index (χ2n) is 5.05. The van der Waals surface area contributed by atoms with E-state index in [2.05, 4.69) is 5.32 Å². The summed E-state index contributed by atoms with van der Waals surface area (Å²) in [6.45, 7) is 3.21. The Kier molecular flexibility index (Phi) is 5.08. The van der Waals surface area contributed by atoms with Crippen LogP contribution >= 0.6 is 11.3 Å². The van der Waals surface area contributed by atoms with Gasteiger partial charge in [-0.15, -0.1) is 11.3 Å². The van der Waals surface area contributed by atoms with E-state index in [1.165, 1.54) is 13.0 Å². The van der Waals surface area contributed by atoms with Crippen molar-refractivity contribution < 1.29 is 17.9 Å². The van der Waals surface area contributed by atoms with Gasteiger partial charge in [-0.05, 0) is 48.4 Å². The Morgan fingerprint density at radius 2 is 1.91 bits per heavy atom. The Morgan fingerprint density at radius 1 is 1.30 bits per heavy atom. The summed E-state index contributed by atoms with van der Waals surface area (Å²) in [5.41, 5.74) is 1.54. The predicted molar refractivity (Wildman–Crippen MR) is 89.9 cm³/mol. The standard InChI is InChI=1S/C15H18N2O4S2/c1-9(17-10(2)18)13-8-14(23(16,19)20)22-15(13)11-4-6-12(21-3)7-5-11/h4-9H,1-3H3,(H,17,18)(H2,16,19,20). The number of thiophene rings is 1. The average molecular weight is 354 g/mol. The minimum absolute atomic E-state index is 0.0653. The van der Waals surface area contributed by atoms with E-state index in [-0.39, 0.29) is 16.2 Å². The summed E-state index contributed by atoms with van der Waals surface area (Å²) in [7, 11) is -2.23. The lowest BCUT2D eigenvalue weighted by Crippen LogP contribution is -2.23. The van der Waals surface area contributed by atoms with Crippen molar-refractivity contribution in [3.63, 3.8) is 0 Å². The molecule has 0 aliphatic rings. The number of hydrogen-bond acceptors (Lipinski definition) is 5. The van der Waals surface area contributed by atoms with Crippen molar-refractivity contribution in [3.05, 3.63) is 35.9 Å². The van der Waals surface area contributed by atoms with Crippen LogP contribution in [0.4, 0.5) is 0 Å². The molecule has 0 fully saturated rings. The van der Waals surface area contributed by atoms with Gasteiger partial charge < -0.3 is 10.1 Å². The molecule has 8 heteroatoms. The summed E-state index contributed by atoms with van der Waals surface area (Å²) in [4.78, 5) is 12.0. The molecule has 0 saturated heterocycles.